The zero-order valence-electron chi connectivity index (χ0n) is 18.3. The summed E-state index contributed by atoms with van der Waals surface area (Å²) in [6, 6.07) is 10.7. The van der Waals surface area contributed by atoms with Gasteiger partial charge in [-0.05, 0) is 25.7 Å². The molecule has 1 aromatic rings. The number of carboxylic acids is 1. The van der Waals surface area contributed by atoms with Gasteiger partial charge in [0.25, 0.3) is 0 Å². The second kappa shape index (κ2) is 11.2. The van der Waals surface area contributed by atoms with Crippen LogP contribution >= 0.6 is 0 Å². The summed E-state index contributed by atoms with van der Waals surface area (Å²) in [5.74, 6) is -1.62. The molecule has 1 aromatic carbocycles. The highest BCUT2D eigenvalue weighted by Crippen LogP contribution is 2.27. The molecule has 158 valence electrons. The number of quaternary nitrogens is 1. The van der Waals surface area contributed by atoms with Crippen LogP contribution in [0.2, 0.25) is 0 Å². The van der Waals surface area contributed by atoms with Crippen molar-refractivity contribution in [3.63, 3.8) is 0 Å². The van der Waals surface area contributed by atoms with Gasteiger partial charge in [-0.3, -0.25) is 4.79 Å². The molecule has 0 bridgehead atoms. The topological polar surface area (TPSA) is 69.2 Å². The zero-order valence-corrected chi connectivity index (χ0v) is 18.3. The van der Waals surface area contributed by atoms with Crippen LogP contribution in [-0.2, 0) is 16.1 Å². The minimum Gasteiger partial charge on any atom is -0.549 e. The van der Waals surface area contributed by atoms with Gasteiger partial charge in [0, 0.05) is 11.6 Å². The molecule has 0 heterocycles. The summed E-state index contributed by atoms with van der Waals surface area (Å²) in [7, 11) is 6.60. The van der Waals surface area contributed by atoms with E-state index in [1.807, 2.05) is 0 Å². The van der Waals surface area contributed by atoms with Crippen LogP contribution in [0.25, 0.3) is 0 Å². The van der Waals surface area contributed by atoms with Crippen molar-refractivity contribution in [2.75, 3.05) is 21.1 Å². The van der Waals surface area contributed by atoms with Crippen LogP contribution in [-0.4, -0.2) is 43.5 Å². The average molecular weight is 391 g/mol. The Hall–Kier alpha value is -1.88. The SMILES string of the molecule is CCC(CC)(C(=O)[O-])C(=O)NC1CCCCC1.C[N+](C)(C)Cc1ccccc1. The van der Waals surface area contributed by atoms with Crippen LogP contribution in [0.1, 0.15) is 64.4 Å². The van der Waals surface area contributed by atoms with Gasteiger partial charge in [0.15, 0.2) is 0 Å². The number of nitrogens with one attached hydrogen (secondary N) is 1. The van der Waals surface area contributed by atoms with Crippen LogP contribution in [0.5, 0.6) is 0 Å². The van der Waals surface area contributed by atoms with Crippen LogP contribution in [0.3, 0.4) is 0 Å². The molecule has 1 aliphatic rings. The van der Waals surface area contributed by atoms with Crippen molar-refractivity contribution in [1.82, 2.24) is 5.32 Å². The van der Waals surface area contributed by atoms with Gasteiger partial charge in [0.2, 0.25) is 5.91 Å². The summed E-state index contributed by atoms with van der Waals surface area (Å²) >= 11 is 0. The van der Waals surface area contributed by atoms with Crippen LogP contribution in [0, 0.1) is 5.41 Å². The Kier molecular flexibility index (Phi) is 9.66. The lowest BCUT2D eigenvalue weighted by Crippen LogP contribution is -2.54. The van der Waals surface area contributed by atoms with E-state index in [9.17, 15) is 14.7 Å². The van der Waals surface area contributed by atoms with E-state index in [0.717, 1.165) is 36.7 Å². The first-order valence-electron chi connectivity index (χ1n) is 10.5. The number of hydrogen-bond acceptors (Lipinski definition) is 3. The molecule has 1 fully saturated rings. The number of carboxylic acid groups (broad SMARTS) is 1. The molecule has 0 saturated heterocycles. The van der Waals surface area contributed by atoms with Gasteiger partial charge in [-0.2, -0.15) is 0 Å². The van der Waals surface area contributed by atoms with Crippen LogP contribution in [0.4, 0.5) is 0 Å². The Labute approximate surface area is 170 Å². The zero-order chi connectivity index (χ0) is 21.2. The van der Waals surface area contributed by atoms with Crippen molar-refractivity contribution >= 4 is 11.9 Å². The molecule has 0 radical (unpaired) electrons. The number of benzene rings is 1. The molecular weight excluding hydrogens is 352 g/mol. The highest BCUT2D eigenvalue weighted by molar-refractivity contribution is 6.01. The van der Waals surface area contributed by atoms with Gasteiger partial charge in [0.05, 0.1) is 32.5 Å². The van der Waals surface area contributed by atoms with Crippen molar-refractivity contribution in [2.24, 2.45) is 5.41 Å². The van der Waals surface area contributed by atoms with Gasteiger partial charge in [-0.1, -0.05) is 63.4 Å². The van der Waals surface area contributed by atoms with Gasteiger partial charge in [0.1, 0.15) is 6.54 Å². The lowest BCUT2D eigenvalue weighted by Gasteiger charge is -2.34. The summed E-state index contributed by atoms with van der Waals surface area (Å²) in [6.07, 6.45) is 5.92. The summed E-state index contributed by atoms with van der Waals surface area (Å²) < 4.78 is 0.990. The Morgan fingerprint density at radius 1 is 1.04 bits per heavy atom. The molecule has 0 spiro atoms. The molecule has 2 rings (SSSR count). The molecule has 0 aliphatic heterocycles. The lowest BCUT2D eigenvalue weighted by atomic mass is 9.81. The number of nitrogens with zero attached hydrogens (tertiary/aromatic N) is 1. The highest BCUT2D eigenvalue weighted by atomic mass is 16.4. The third-order valence-corrected chi connectivity index (χ3v) is 5.47. The number of carbonyl (C=O) groups is 2. The number of rotatable bonds is 7. The van der Waals surface area contributed by atoms with Gasteiger partial charge in [-0.15, -0.1) is 0 Å². The van der Waals surface area contributed by atoms with E-state index in [1.165, 1.54) is 12.0 Å². The minimum absolute atomic E-state index is 0.146. The smallest absolute Gasteiger partial charge is 0.232 e. The number of hydrogen-bond donors (Lipinski definition) is 1. The van der Waals surface area contributed by atoms with Gasteiger partial charge in [-0.25, -0.2) is 0 Å². The molecule has 1 amide bonds. The standard InChI is InChI=1S/C13H23NO3.C10H16N/c1-3-13(4-2,12(16)17)11(15)14-10-8-6-5-7-9-10;1-11(2,3)9-10-7-5-4-6-8-10/h10H,3-9H2,1-2H3,(H,14,15)(H,16,17);4-8H,9H2,1-3H3/q;+1/p-1. The highest BCUT2D eigenvalue weighted by Gasteiger charge is 2.37. The van der Waals surface area contributed by atoms with Crippen molar-refractivity contribution in [3.05, 3.63) is 35.9 Å². The number of aliphatic carboxylic acids is 1. The normalized spacial score (nSPS) is 15.3. The van der Waals surface area contributed by atoms with E-state index < -0.39 is 11.4 Å². The Balaban J connectivity index is 0.000000307. The van der Waals surface area contributed by atoms with E-state index >= 15 is 0 Å². The second-order valence-corrected chi connectivity index (χ2v) is 8.82. The molecule has 5 nitrogen and oxygen atoms in total. The van der Waals surface area contributed by atoms with E-state index in [-0.39, 0.29) is 24.8 Å². The largest absolute Gasteiger partial charge is 0.549 e. The maximum absolute atomic E-state index is 12.1. The first-order chi connectivity index (χ1) is 13.1. The monoisotopic (exact) mass is 390 g/mol. The molecule has 1 saturated carbocycles. The molecule has 28 heavy (non-hydrogen) atoms. The molecule has 0 atom stereocenters. The van der Waals surface area contributed by atoms with Crippen molar-refractivity contribution in [3.8, 4) is 0 Å². The van der Waals surface area contributed by atoms with Crippen LogP contribution < -0.4 is 10.4 Å². The maximum Gasteiger partial charge on any atom is 0.232 e. The van der Waals surface area contributed by atoms with E-state index in [1.54, 1.807) is 13.8 Å². The van der Waals surface area contributed by atoms with E-state index in [4.69, 9.17) is 0 Å². The Bertz CT molecular complexity index is 598. The average Bonchev–Trinajstić information content (AvgIpc) is 2.64. The fourth-order valence-corrected chi connectivity index (χ4v) is 3.65. The summed E-state index contributed by atoms with van der Waals surface area (Å²) in [6.45, 7) is 4.54. The number of amides is 1. The molecule has 5 heteroatoms. The van der Waals surface area contributed by atoms with Gasteiger partial charge < -0.3 is 19.7 Å². The van der Waals surface area contributed by atoms with Crippen LogP contribution in [0.15, 0.2) is 30.3 Å². The van der Waals surface area contributed by atoms with Crippen molar-refractivity contribution in [1.29, 1.82) is 0 Å². The summed E-state index contributed by atoms with van der Waals surface area (Å²) in [5.41, 5.74) is 0.0530. The first kappa shape index (κ1) is 24.2. The minimum atomic E-state index is -1.35. The third-order valence-electron chi connectivity index (χ3n) is 5.47. The fraction of sp³-hybridized carbons (Fsp3) is 0.652. The Morgan fingerprint density at radius 3 is 2.00 bits per heavy atom. The molecule has 1 N–H and O–H groups in total. The van der Waals surface area contributed by atoms with E-state index in [0.29, 0.717) is 0 Å². The molecule has 1 aliphatic carbocycles. The lowest BCUT2D eigenvalue weighted by molar-refractivity contribution is -0.884. The number of carbonyl (C=O) groups excluding carboxylic acids is 2. The van der Waals surface area contributed by atoms with Gasteiger partial charge >= 0.3 is 0 Å². The first-order valence-corrected chi connectivity index (χ1v) is 10.5. The summed E-state index contributed by atoms with van der Waals surface area (Å²) in [4.78, 5) is 23.3. The maximum atomic E-state index is 12.1. The quantitative estimate of drug-likeness (QED) is 0.575. The van der Waals surface area contributed by atoms with E-state index in [2.05, 4.69) is 56.8 Å². The summed E-state index contributed by atoms with van der Waals surface area (Å²) in [5, 5.41) is 14.1. The predicted molar refractivity (Wildman–Crippen MR) is 111 cm³/mol. The molecular formula is C23H38N2O3. The molecule has 0 unspecified atom stereocenters. The third kappa shape index (κ3) is 7.63. The van der Waals surface area contributed by atoms with Crippen molar-refractivity contribution < 1.29 is 19.2 Å². The fourth-order valence-electron chi connectivity index (χ4n) is 3.65. The van der Waals surface area contributed by atoms with Crippen molar-refractivity contribution in [2.45, 2.75) is 71.4 Å². The predicted octanol–water partition coefficient (Wildman–Crippen LogP) is 2.88. The second-order valence-electron chi connectivity index (χ2n) is 8.82. The Morgan fingerprint density at radius 2 is 1.57 bits per heavy atom. The molecule has 0 aromatic heterocycles.